The summed E-state index contributed by atoms with van der Waals surface area (Å²) in [7, 11) is 4.42. The number of aryl methyl sites for hydroxylation is 1. The van der Waals surface area contributed by atoms with Crippen molar-refractivity contribution in [2.75, 3.05) is 26.6 Å². The molecule has 0 saturated carbocycles. The van der Waals surface area contributed by atoms with Crippen molar-refractivity contribution in [2.24, 2.45) is 0 Å². The van der Waals surface area contributed by atoms with E-state index in [0.717, 1.165) is 0 Å². The van der Waals surface area contributed by atoms with E-state index in [2.05, 4.69) is 10.4 Å². The number of carbonyl (C=O) groups excluding carboxylic acids is 2. The highest BCUT2D eigenvalue weighted by molar-refractivity contribution is 6.05. The van der Waals surface area contributed by atoms with Crippen molar-refractivity contribution in [2.45, 2.75) is 19.4 Å². The number of benzene rings is 1. The molecule has 140 valence electrons. The zero-order valence-electron chi connectivity index (χ0n) is 14.8. The van der Waals surface area contributed by atoms with Gasteiger partial charge in [0, 0.05) is 24.3 Å². The zero-order chi connectivity index (χ0) is 19.1. The summed E-state index contributed by atoms with van der Waals surface area (Å²) >= 11 is 0. The van der Waals surface area contributed by atoms with Crippen LogP contribution in [0, 0.1) is 0 Å². The van der Waals surface area contributed by atoms with E-state index in [1.54, 1.807) is 23.0 Å². The maximum Gasteiger partial charge on any atom is 0.256 e. The lowest BCUT2D eigenvalue weighted by molar-refractivity contribution is -0.305. The Bertz CT molecular complexity index is 762. The number of amides is 1. The summed E-state index contributed by atoms with van der Waals surface area (Å²) in [5.74, 6) is -0.344. The van der Waals surface area contributed by atoms with E-state index in [9.17, 15) is 14.7 Å². The lowest BCUT2D eigenvalue weighted by Crippen LogP contribution is -2.22. The molecule has 0 aliphatic carbocycles. The number of carboxylic acids is 1. The normalized spacial score (nSPS) is 10.3. The lowest BCUT2D eigenvalue weighted by atomic mass is 10.1. The molecule has 1 N–H and O–H groups in total. The highest BCUT2D eigenvalue weighted by Gasteiger charge is 2.17. The SMILES string of the molecule is COc1cc(C(=O)Nc2cnn(CCCC(=O)[O-])c2)cc(OC)c1OC. The third kappa shape index (κ3) is 4.65. The quantitative estimate of drug-likeness (QED) is 0.698. The van der Waals surface area contributed by atoms with Crippen molar-refractivity contribution >= 4 is 17.6 Å². The van der Waals surface area contributed by atoms with Gasteiger partial charge in [-0.3, -0.25) is 9.48 Å². The first-order valence-corrected chi connectivity index (χ1v) is 7.82. The number of anilines is 1. The monoisotopic (exact) mass is 362 g/mol. The second kappa shape index (κ2) is 8.75. The second-order valence-electron chi connectivity index (χ2n) is 5.34. The number of ether oxygens (including phenoxy) is 3. The van der Waals surface area contributed by atoms with Gasteiger partial charge in [-0.1, -0.05) is 0 Å². The van der Waals surface area contributed by atoms with Crippen LogP contribution >= 0.6 is 0 Å². The van der Waals surface area contributed by atoms with Gasteiger partial charge in [0.2, 0.25) is 5.75 Å². The molecule has 0 aliphatic heterocycles. The molecule has 26 heavy (non-hydrogen) atoms. The predicted molar refractivity (Wildman–Crippen MR) is 90.5 cm³/mol. The van der Waals surface area contributed by atoms with Gasteiger partial charge in [-0.2, -0.15) is 5.10 Å². The van der Waals surface area contributed by atoms with Crippen molar-refractivity contribution in [3.05, 3.63) is 30.1 Å². The van der Waals surface area contributed by atoms with E-state index < -0.39 is 5.97 Å². The molecule has 0 unspecified atom stereocenters. The lowest BCUT2D eigenvalue weighted by Gasteiger charge is -2.13. The summed E-state index contributed by atoms with van der Waals surface area (Å²) in [4.78, 5) is 22.9. The number of carboxylic acid groups (broad SMARTS) is 1. The molecule has 1 aromatic heterocycles. The fraction of sp³-hybridized carbons (Fsp3) is 0.353. The van der Waals surface area contributed by atoms with Crippen molar-refractivity contribution in [3.8, 4) is 17.2 Å². The van der Waals surface area contributed by atoms with Gasteiger partial charge in [-0.15, -0.1) is 0 Å². The largest absolute Gasteiger partial charge is 0.550 e. The van der Waals surface area contributed by atoms with Crippen LogP contribution in [0.1, 0.15) is 23.2 Å². The van der Waals surface area contributed by atoms with Crippen LogP contribution in [-0.2, 0) is 11.3 Å². The molecule has 0 radical (unpaired) electrons. The van der Waals surface area contributed by atoms with Crippen LogP contribution in [0.5, 0.6) is 17.2 Å². The standard InChI is InChI=1S/C17H21N3O6/c1-24-13-7-11(8-14(25-2)16(13)26-3)17(23)19-12-9-18-20(10-12)6-4-5-15(21)22/h7-10H,4-6H2,1-3H3,(H,19,23)(H,21,22)/p-1. The molecular weight excluding hydrogens is 342 g/mol. The van der Waals surface area contributed by atoms with Crippen molar-refractivity contribution in [3.63, 3.8) is 0 Å². The van der Waals surface area contributed by atoms with Crippen LogP contribution in [0.2, 0.25) is 0 Å². The molecule has 0 spiro atoms. The number of rotatable bonds is 9. The second-order valence-corrected chi connectivity index (χ2v) is 5.34. The van der Waals surface area contributed by atoms with Gasteiger partial charge in [0.05, 0.1) is 33.2 Å². The Labute approximate surface area is 150 Å². The topological polar surface area (TPSA) is 115 Å². The molecule has 2 rings (SSSR count). The van der Waals surface area contributed by atoms with Crippen LogP contribution < -0.4 is 24.6 Å². The molecule has 0 aliphatic rings. The minimum atomic E-state index is -1.10. The number of hydrogen-bond acceptors (Lipinski definition) is 7. The molecule has 0 atom stereocenters. The van der Waals surface area contributed by atoms with E-state index in [1.165, 1.54) is 27.5 Å². The van der Waals surface area contributed by atoms with E-state index in [-0.39, 0.29) is 12.3 Å². The molecule has 1 heterocycles. The Morgan fingerprint density at radius 2 is 1.81 bits per heavy atom. The van der Waals surface area contributed by atoms with Crippen molar-refractivity contribution in [1.29, 1.82) is 0 Å². The summed E-state index contributed by atoms with van der Waals surface area (Å²) < 4.78 is 17.2. The first-order chi connectivity index (χ1) is 12.5. The molecule has 0 bridgehead atoms. The Kier molecular flexibility index (Phi) is 6.42. The van der Waals surface area contributed by atoms with E-state index >= 15 is 0 Å². The number of aromatic nitrogens is 2. The van der Waals surface area contributed by atoms with Crippen LogP contribution in [0.4, 0.5) is 5.69 Å². The Morgan fingerprint density at radius 1 is 1.15 bits per heavy atom. The molecule has 0 fully saturated rings. The third-order valence-corrected chi connectivity index (χ3v) is 3.59. The highest BCUT2D eigenvalue weighted by Crippen LogP contribution is 2.38. The van der Waals surface area contributed by atoms with Gasteiger partial charge in [-0.25, -0.2) is 0 Å². The molecule has 1 aromatic carbocycles. The minimum absolute atomic E-state index is 0.0486. The average molecular weight is 362 g/mol. The number of methoxy groups -OCH3 is 3. The fourth-order valence-electron chi connectivity index (χ4n) is 2.35. The number of carbonyl (C=O) groups is 2. The van der Waals surface area contributed by atoms with Crippen LogP contribution in [0.25, 0.3) is 0 Å². The Morgan fingerprint density at radius 3 is 2.35 bits per heavy atom. The van der Waals surface area contributed by atoms with E-state index in [0.29, 0.717) is 41.5 Å². The Hall–Kier alpha value is -3.23. The fourth-order valence-corrected chi connectivity index (χ4v) is 2.35. The molecular formula is C17H20N3O6-. The maximum atomic E-state index is 12.5. The molecule has 9 nitrogen and oxygen atoms in total. The summed E-state index contributed by atoms with van der Waals surface area (Å²) in [6.07, 6.45) is 3.44. The summed E-state index contributed by atoms with van der Waals surface area (Å²) in [6, 6.07) is 3.09. The molecule has 2 aromatic rings. The Balaban J connectivity index is 2.10. The first kappa shape index (κ1) is 19.1. The van der Waals surface area contributed by atoms with Gasteiger partial charge in [0.25, 0.3) is 5.91 Å². The highest BCUT2D eigenvalue weighted by atomic mass is 16.5. The number of hydrogen-bond donors (Lipinski definition) is 1. The number of nitrogens with zero attached hydrogens (tertiary/aromatic N) is 2. The summed E-state index contributed by atoms with van der Waals surface area (Å²) in [5.41, 5.74) is 0.807. The van der Waals surface area contributed by atoms with Gasteiger partial charge >= 0.3 is 0 Å². The molecule has 9 heteroatoms. The molecule has 1 amide bonds. The number of nitrogens with one attached hydrogen (secondary N) is 1. The summed E-state index contributed by atoms with van der Waals surface area (Å²) in [5, 5.41) is 17.2. The van der Waals surface area contributed by atoms with E-state index in [1.807, 2.05) is 0 Å². The van der Waals surface area contributed by atoms with Gasteiger partial charge in [-0.05, 0) is 25.0 Å². The van der Waals surface area contributed by atoms with Gasteiger partial charge < -0.3 is 29.4 Å². The van der Waals surface area contributed by atoms with Gasteiger partial charge in [0.15, 0.2) is 11.5 Å². The van der Waals surface area contributed by atoms with Crippen LogP contribution in [-0.4, -0.2) is 43.0 Å². The van der Waals surface area contributed by atoms with Crippen LogP contribution in [0.3, 0.4) is 0 Å². The van der Waals surface area contributed by atoms with Crippen LogP contribution in [0.15, 0.2) is 24.5 Å². The third-order valence-electron chi connectivity index (χ3n) is 3.59. The maximum absolute atomic E-state index is 12.5. The zero-order valence-corrected chi connectivity index (χ0v) is 14.8. The number of aliphatic carboxylic acids is 1. The predicted octanol–water partition coefficient (Wildman–Crippen LogP) is 0.691. The smallest absolute Gasteiger partial charge is 0.256 e. The minimum Gasteiger partial charge on any atom is -0.550 e. The molecule has 0 saturated heterocycles. The van der Waals surface area contributed by atoms with Crippen molar-refractivity contribution < 1.29 is 28.9 Å². The first-order valence-electron chi connectivity index (χ1n) is 7.82. The average Bonchev–Trinajstić information content (AvgIpc) is 3.07. The van der Waals surface area contributed by atoms with E-state index in [4.69, 9.17) is 14.2 Å². The summed E-state index contributed by atoms with van der Waals surface area (Å²) in [6.45, 7) is 0.411. The van der Waals surface area contributed by atoms with Crippen molar-refractivity contribution in [1.82, 2.24) is 9.78 Å². The van der Waals surface area contributed by atoms with Gasteiger partial charge in [0.1, 0.15) is 0 Å².